The Bertz CT molecular complexity index is 1020. The number of aromatic hydroxyl groups is 1. The molecule has 1 aromatic heterocycles. The smallest absolute Gasteiger partial charge is 0.305 e. The maximum atomic E-state index is 13.9. The molecule has 0 aliphatic carbocycles. The maximum Gasteiger partial charge on any atom is 0.305 e. The Morgan fingerprint density at radius 3 is 2.57 bits per heavy atom. The summed E-state index contributed by atoms with van der Waals surface area (Å²) >= 11 is 0. The Labute approximate surface area is 160 Å². The molecule has 0 saturated heterocycles. The van der Waals surface area contributed by atoms with Crippen molar-refractivity contribution >= 4 is 11.9 Å². The van der Waals surface area contributed by atoms with E-state index in [4.69, 9.17) is 0 Å². The summed E-state index contributed by atoms with van der Waals surface area (Å²) in [6.07, 6.45) is -0.429. The Balaban J connectivity index is 1.89. The number of hydrogen-bond donors (Lipinski definition) is 3. The van der Waals surface area contributed by atoms with Gasteiger partial charge in [-0.2, -0.15) is 5.10 Å². The topological polar surface area (TPSA) is 104 Å². The van der Waals surface area contributed by atoms with Crippen LogP contribution >= 0.6 is 0 Å². The lowest BCUT2D eigenvalue weighted by atomic mass is 9.98. The molecule has 7 nitrogen and oxygen atoms in total. The first-order valence-electron chi connectivity index (χ1n) is 8.49. The van der Waals surface area contributed by atoms with E-state index in [-0.39, 0.29) is 17.1 Å². The Morgan fingerprint density at radius 2 is 1.89 bits per heavy atom. The second kappa shape index (κ2) is 7.91. The van der Waals surface area contributed by atoms with Crippen LogP contribution in [0, 0.1) is 12.7 Å². The zero-order valence-electron chi connectivity index (χ0n) is 15.0. The van der Waals surface area contributed by atoms with Gasteiger partial charge in [0.15, 0.2) is 5.69 Å². The summed E-state index contributed by atoms with van der Waals surface area (Å²) in [6, 6.07) is 13.2. The highest BCUT2D eigenvalue weighted by Gasteiger charge is 2.23. The van der Waals surface area contributed by atoms with Gasteiger partial charge in [0, 0.05) is 6.07 Å². The number of aliphatic carboxylic acids is 1. The number of halogens is 1. The summed E-state index contributed by atoms with van der Waals surface area (Å²) < 4.78 is 15.1. The highest BCUT2D eigenvalue weighted by molar-refractivity contribution is 5.93. The lowest BCUT2D eigenvalue weighted by Gasteiger charge is -2.19. The minimum atomic E-state index is -1.15. The monoisotopic (exact) mass is 383 g/mol. The number of rotatable bonds is 6. The Morgan fingerprint density at radius 1 is 1.18 bits per heavy atom. The number of para-hydroxylation sites is 1. The molecule has 0 aliphatic heterocycles. The molecule has 2 aromatic carbocycles. The molecule has 0 aliphatic rings. The van der Waals surface area contributed by atoms with Crippen LogP contribution in [0.1, 0.15) is 34.1 Å². The van der Waals surface area contributed by atoms with Crippen LogP contribution in [-0.2, 0) is 4.79 Å². The molecule has 1 unspecified atom stereocenters. The molecule has 0 spiro atoms. The second-order valence-electron chi connectivity index (χ2n) is 6.21. The highest BCUT2D eigenvalue weighted by atomic mass is 19.1. The van der Waals surface area contributed by atoms with E-state index in [0.29, 0.717) is 11.3 Å². The lowest BCUT2D eigenvalue weighted by Crippen LogP contribution is -2.31. The fraction of sp³-hybridized carbons (Fsp3) is 0.150. The quantitative estimate of drug-likeness (QED) is 0.607. The van der Waals surface area contributed by atoms with E-state index < -0.39 is 30.2 Å². The summed E-state index contributed by atoms with van der Waals surface area (Å²) in [5.74, 6) is -2.56. The normalized spacial score (nSPS) is 11.8. The first kappa shape index (κ1) is 19.1. The van der Waals surface area contributed by atoms with Crippen LogP contribution in [0.2, 0.25) is 0 Å². The molecule has 1 atom stereocenters. The van der Waals surface area contributed by atoms with Gasteiger partial charge in [-0.25, -0.2) is 9.07 Å². The predicted molar refractivity (Wildman–Crippen MR) is 98.8 cm³/mol. The summed E-state index contributed by atoms with van der Waals surface area (Å²) in [7, 11) is 0. The largest absolute Gasteiger partial charge is 0.493 e. The number of benzene rings is 2. The molecule has 28 heavy (non-hydrogen) atoms. The molecule has 144 valence electrons. The molecule has 0 fully saturated rings. The van der Waals surface area contributed by atoms with Crippen molar-refractivity contribution < 1.29 is 24.2 Å². The van der Waals surface area contributed by atoms with Crippen molar-refractivity contribution in [3.63, 3.8) is 0 Å². The van der Waals surface area contributed by atoms with Gasteiger partial charge in [0.2, 0.25) is 5.88 Å². The van der Waals surface area contributed by atoms with Crippen LogP contribution in [0.25, 0.3) is 5.69 Å². The standard InChI is InChI=1S/C20H18FN3O4/c1-12-14(8-5-9-15(12)21)16(11-19(26)27)22-20(28)17-10-18(25)24(23-17)13-6-3-2-4-7-13/h2-10,16,25H,11H2,1H3,(H,22,28)(H,26,27). The van der Waals surface area contributed by atoms with Gasteiger partial charge >= 0.3 is 5.97 Å². The zero-order valence-corrected chi connectivity index (χ0v) is 15.0. The fourth-order valence-electron chi connectivity index (χ4n) is 2.89. The van der Waals surface area contributed by atoms with Crippen molar-refractivity contribution in [2.24, 2.45) is 0 Å². The number of nitrogens with one attached hydrogen (secondary N) is 1. The molecule has 1 amide bonds. The predicted octanol–water partition coefficient (Wildman–Crippen LogP) is 2.97. The number of nitrogens with zero attached hydrogens (tertiary/aromatic N) is 2. The van der Waals surface area contributed by atoms with Gasteiger partial charge in [0.25, 0.3) is 5.91 Å². The van der Waals surface area contributed by atoms with Crippen LogP contribution in [-0.4, -0.2) is 31.9 Å². The van der Waals surface area contributed by atoms with Crippen LogP contribution in [0.3, 0.4) is 0 Å². The minimum absolute atomic E-state index is 0.0919. The van der Waals surface area contributed by atoms with Gasteiger partial charge in [-0.1, -0.05) is 30.3 Å². The van der Waals surface area contributed by atoms with Crippen molar-refractivity contribution in [2.75, 3.05) is 0 Å². The number of carboxylic acid groups (broad SMARTS) is 1. The molecule has 3 aromatic rings. The molecule has 3 N–H and O–H groups in total. The average Bonchev–Trinajstić information content (AvgIpc) is 3.06. The number of aromatic nitrogens is 2. The summed E-state index contributed by atoms with van der Waals surface area (Å²) in [4.78, 5) is 23.9. The first-order chi connectivity index (χ1) is 13.4. The fourth-order valence-corrected chi connectivity index (χ4v) is 2.89. The number of carbonyl (C=O) groups excluding carboxylic acids is 1. The average molecular weight is 383 g/mol. The third-order valence-corrected chi connectivity index (χ3v) is 4.29. The zero-order chi connectivity index (χ0) is 20.3. The van der Waals surface area contributed by atoms with Crippen molar-refractivity contribution in [3.8, 4) is 11.6 Å². The maximum absolute atomic E-state index is 13.9. The van der Waals surface area contributed by atoms with E-state index >= 15 is 0 Å². The van der Waals surface area contributed by atoms with E-state index in [1.807, 2.05) is 0 Å². The van der Waals surface area contributed by atoms with Crippen LogP contribution < -0.4 is 5.32 Å². The molecule has 3 rings (SSSR count). The molecule has 0 saturated carbocycles. The van der Waals surface area contributed by atoms with Crippen molar-refractivity contribution in [1.29, 1.82) is 0 Å². The van der Waals surface area contributed by atoms with Gasteiger partial charge in [-0.3, -0.25) is 9.59 Å². The summed E-state index contributed by atoms with van der Waals surface area (Å²) in [5, 5.41) is 25.9. The summed E-state index contributed by atoms with van der Waals surface area (Å²) in [6.45, 7) is 1.52. The first-order valence-corrected chi connectivity index (χ1v) is 8.49. The number of amides is 1. The van der Waals surface area contributed by atoms with Gasteiger partial charge < -0.3 is 15.5 Å². The molecule has 0 radical (unpaired) electrons. The molecule has 0 bridgehead atoms. The molecular weight excluding hydrogens is 365 g/mol. The number of carboxylic acids is 1. The number of carbonyl (C=O) groups is 2. The molecule has 8 heteroatoms. The van der Waals surface area contributed by atoms with E-state index in [0.717, 1.165) is 0 Å². The van der Waals surface area contributed by atoms with Gasteiger partial charge in [0.1, 0.15) is 5.82 Å². The van der Waals surface area contributed by atoms with Crippen molar-refractivity contribution in [2.45, 2.75) is 19.4 Å². The number of hydrogen-bond acceptors (Lipinski definition) is 4. The molecule has 1 heterocycles. The van der Waals surface area contributed by atoms with Gasteiger partial charge in [0.05, 0.1) is 18.2 Å². The van der Waals surface area contributed by atoms with Crippen LogP contribution in [0.5, 0.6) is 5.88 Å². The third-order valence-electron chi connectivity index (χ3n) is 4.29. The SMILES string of the molecule is Cc1c(F)cccc1C(CC(=O)O)NC(=O)c1cc(O)n(-c2ccccc2)n1. The summed E-state index contributed by atoms with van der Waals surface area (Å²) in [5.41, 5.74) is 1.09. The Kier molecular flexibility index (Phi) is 5.39. The van der Waals surface area contributed by atoms with Crippen LogP contribution in [0.15, 0.2) is 54.6 Å². The van der Waals surface area contributed by atoms with E-state index in [1.54, 1.807) is 36.4 Å². The van der Waals surface area contributed by atoms with Crippen molar-refractivity contribution in [1.82, 2.24) is 15.1 Å². The van der Waals surface area contributed by atoms with Gasteiger partial charge in [-0.05, 0) is 36.2 Å². The van der Waals surface area contributed by atoms with E-state index in [1.165, 1.54) is 29.8 Å². The second-order valence-corrected chi connectivity index (χ2v) is 6.21. The van der Waals surface area contributed by atoms with E-state index in [2.05, 4.69) is 10.4 Å². The van der Waals surface area contributed by atoms with Crippen LogP contribution in [0.4, 0.5) is 4.39 Å². The minimum Gasteiger partial charge on any atom is -0.493 e. The van der Waals surface area contributed by atoms with E-state index in [9.17, 15) is 24.2 Å². The Hall–Kier alpha value is -3.68. The van der Waals surface area contributed by atoms with Crippen molar-refractivity contribution in [3.05, 3.63) is 77.2 Å². The lowest BCUT2D eigenvalue weighted by molar-refractivity contribution is -0.137. The third kappa shape index (κ3) is 4.01. The van der Waals surface area contributed by atoms with Gasteiger partial charge in [-0.15, -0.1) is 0 Å². The molecular formula is C20H18FN3O4. The highest BCUT2D eigenvalue weighted by Crippen LogP contribution is 2.24.